The number of aliphatic hydroxyl groups excluding tert-OH is 1. The van der Waals surface area contributed by atoms with Crippen LogP contribution in [0.2, 0.25) is 104 Å². The lowest BCUT2D eigenvalue weighted by molar-refractivity contribution is -0.386. The van der Waals surface area contributed by atoms with E-state index in [0.29, 0.717) is 29.6 Å². The summed E-state index contributed by atoms with van der Waals surface area (Å²) in [6, 6.07) is 7.02. The minimum absolute atomic E-state index is 0.0155. The number of hydrogen-bond donors (Lipinski definition) is 1. The summed E-state index contributed by atoms with van der Waals surface area (Å²) in [7, 11) is -9.01. The molecule has 1 N–H and O–H groups in total. The van der Waals surface area contributed by atoms with E-state index in [2.05, 4.69) is 91.7 Å². The van der Waals surface area contributed by atoms with E-state index in [1.54, 1.807) is 0 Å². The van der Waals surface area contributed by atoms with E-state index in [-0.39, 0.29) is 53.4 Å². The summed E-state index contributed by atoms with van der Waals surface area (Å²) in [6.07, 6.45) is -2.24. The van der Waals surface area contributed by atoms with Crippen LogP contribution in [0.4, 0.5) is 16.2 Å². The summed E-state index contributed by atoms with van der Waals surface area (Å²) in [5.74, 6) is -0.316. The Morgan fingerprint density at radius 3 is 1.34 bits per heavy atom. The highest BCUT2D eigenvalue weighted by atomic mass is 28.5. The molecule has 1 aliphatic rings. The van der Waals surface area contributed by atoms with Crippen LogP contribution in [0.1, 0.15) is 62.9 Å². The number of carbonyl (C=O) groups is 3. The Morgan fingerprint density at radius 1 is 0.629 bits per heavy atom. The molecule has 21 nitrogen and oxygen atoms in total. The van der Waals surface area contributed by atoms with Crippen molar-refractivity contribution in [3.8, 4) is 23.0 Å². The lowest BCUT2D eigenvalue weighted by Crippen LogP contribution is -2.51. The van der Waals surface area contributed by atoms with Crippen molar-refractivity contribution in [1.82, 2.24) is 5.06 Å². The average molecular weight is 1090 g/mol. The van der Waals surface area contributed by atoms with Gasteiger partial charge in [-0.1, -0.05) is 5.06 Å². The first-order valence-corrected chi connectivity index (χ1v) is 41.8. The Labute approximate surface area is 419 Å². The molecule has 27 heteroatoms. The quantitative estimate of drug-likeness (QED) is 0.0229. The molecule has 2 unspecified atom stereocenters. The molecule has 1 aliphatic heterocycles. The van der Waals surface area contributed by atoms with Crippen molar-refractivity contribution in [3.63, 3.8) is 0 Å². The number of imide groups is 1. The molecule has 2 atom stereocenters. The second-order valence-corrected chi connectivity index (χ2v) is 46.2. The normalized spacial score (nSPS) is 14.6. The number of rotatable bonds is 26. The number of nitro groups is 2. The van der Waals surface area contributed by atoms with Gasteiger partial charge < -0.3 is 45.3 Å². The highest BCUT2D eigenvalue weighted by molar-refractivity contribution is 6.88. The molecule has 1 saturated heterocycles. The van der Waals surface area contributed by atoms with Gasteiger partial charge in [0.2, 0.25) is 0 Å². The average Bonchev–Trinajstić information content (AvgIpc) is 3.49. The van der Waals surface area contributed by atoms with Gasteiger partial charge in [-0.05, 0) is 143 Å². The molecule has 0 radical (unpaired) electrons. The number of nitro benzene ring substituents is 2. The molecular weight excluding hydrogens is 1010 g/mol. The topological polar surface area (TPSA) is 253 Å². The Bertz CT molecular complexity index is 2130. The van der Waals surface area contributed by atoms with Crippen LogP contribution < -0.4 is 18.9 Å². The molecule has 0 spiro atoms. The first-order chi connectivity index (χ1) is 31.9. The molecule has 0 aromatic heterocycles. The summed E-state index contributed by atoms with van der Waals surface area (Å²) in [4.78, 5) is 62.2. The van der Waals surface area contributed by atoms with Gasteiger partial charge in [0, 0.05) is 12.8 Å². The van der Waals surface area contributed by atoms with E-state index >= 15 is 0 Å². The molecule has 1 fully saturated rings. The van der Waals surface area contributed by atoms with Gasteiger partial charge in [-0.2, -0.15) is 0 Å². The Morgan fingerprint density at radius 2 is 1.00 bits per heavy atom. The van der Waals surface area contributed by atoms with Gasteiger partial charge >= 0.3 is 23.3 Å². The molecule has 2 aromatic carbocycles. The van der Waals surface area contributed by atoms with Crippen LogP contribution in [0, 0.1) is 20.2 Å². The van der Waals surface area contributed by atoms with Crippen molar-refractivity contribution < 1.29 is 74.3 Å². The molecule has 70 heavy (non-hydrogen) atoms. The van der Waals surface area contributed by atoms with Crippen molar-refractivity contribution >= 4 is 79.7 Å². The van der Waals surface area contributed by atoms with E-state index in [1.807, 2.05) is 0 Å². The number of carbonyl (C=O) groups excluding carboxylic acids is 3. The second kappa shape index (κ2) is 25.6. The van der Waals surface area contributed by atoms with Crippen molar-refractivity contribution in [2.24, 2.45) is 0 Å². The van der Waals surface area contributed by atoms with E-state index in [1.165, 1.54) is 52.3 Å². The van der Waals surface area contributed by atoms with Crippen LogP contribution in [0.3, 0.4) is 0 Å². The van der Waals surface area contributed by atoms with Crippen molar-refractivity contribution in [2.45, 2.75) is 155 Å². The van der Waals surface area contributed by atoms with Gasteiger partial charge in [-0.25, -0.2) is 4.79 Å². The smallest absolute Gasteiger partial charge is 0.493 e. The number of ether oxygens (including phenoxy) is 5. The van der Waals surface area contributed by atoms with E-state index < -0.39 is 90.4 Å². The summed E-state index contributed by atoms with van der Waals surface area (Å²) in [6.45, 7) is 33.4. The minimum atomic E-state index is -2.27. The predicted molar refractivity (Wildman–Crippen MR) is 278 cm³/mol. The number of aliphatic hydroxyl groups is 1. The second-order valence-electron chi connectivity index (χ2n) is 20.9. The van der Waals surface area contributed by atoms with Crippen LogP contribution in [-0.2, 0) is 35.6 Å². The molecule has 1 heterocycles. The molecule has 396 valence electrons. The Kier molecular flexibility index (Phi) is 22.7. The Hall–Kier alpha value is -4.05. The first-order valence-electron chi connectivity index (χ1n) is 23.1. The minimum Gasteiger partial charge on any atom is -0.493 e. The standard InChI is InChI=1S/C24H40N2O11Si3.C19H37NO7Si3/c1-17(34-24(29)35-25-22(27)11-12-23(25)28)18-15-20(32-2)21(16-19(18)26(30)31)33-13-10-14-39(6,7)37-40(8,9)36-38(3,4)5;1-15(21)16-13-18(24-2)19(14-17(16)20(22)23)25-11-10-12-29(6,7)27-30(8,9)26-28(3,4)5/h15-17H,10-14H2,1-9H3;13-15,21H,10-12H2,1-9H3. The van der Waals surface area contributed by atoms with Crippen LogP contribution in [0.25, 0.3) is 0 Å². The fourth-order valence-electron chi connectivity index (χ4n) is 7.92. The van der Waals surface area contributed by atoms with Gasteiger partial charge in [-0.15, -0.1) is 0 Å². The zero-order chi connectivity index (χ0) is 53.8. The summed E-state index contributed by atoms with van der Waals surface area (Å²) < 4.78 is 53.0. The number of benzene rings is 2. The van der Waals surface area contributed by atoms with Crippen molar-refractivity contribution in [3.05, 3.63) is 55.6 Å². The van der Waals surface area contributed by atoms with Gasteiger partial charge in [0.25, 0.3) is 23.2 Å². The van der Waals surface area contributed by atoms with Crippen LogP contribution >= 0.6 is 0 Å². The Balaban J connectivity index is 0.000000501. The van der Waals surface area contributed by atoms with Gasteiger partial charge in [-0.3, -0.25) is 34.7 Å². The number of hydrogen-bond acceptors (Lipinski definition) is 18. The van der Waals surface area contributed by atoms with Crippen molar-refractivity contribution in [1.29, 1.82) is 0 Å². The largest absolute Gasteiger partial charge is 0.534 e. The summed E-state index contributed by atoms with van der Waals surface area (Å²) >= 11 is 0. The fourth-order valence-corrected chi connectivity index (χ4v) is 34.3. The third-order valence-corrected chi connectivity index (χ3v) is 30.2. The maximum atomic E-state index is 12.2. The van der Waals surface area contributed by atoms with Crippen LogP contribution in [-0.4, -0.2) is 116 Å². The fraction of sp³-hybridized carbons (Fsp3) is 0.651. The van der Waals surface area contributed by atoms with Crippen LogP contribution in [0.15, 0.2) is 24.3 Å². The maximum absolute atomic E-state index is 12.2. The number of hydroxylamine groups is 2. The third kappa shape index (κ3) is 21.3. The monoisotopic (exact) mass is 1090 g/mol. The van der Waals surface area contributed by atoms with Gasteiger partial charge in [0.1, 0.15) is 6.10 Å². The molecule has 0 bridgehead atoms. The first kappa shape index (κ1) is 62.1. The summed E-state index contributed by atoms with van der Waals surface area (Å²) in [5.41, 5.74) is -0.337. The molecule has 2 amide bonds. The number of amides is 2. The predicted octanol–water partition coefficient (Wildman–Crippen LogP) is 10.6. The highest BCUT2D eigenvalue weighted by Crippen LogP contribution is 2.40. The van der Waals surface area contributed by atoms with Gasteiger partial charge in [0.05, 0.1) is 66.6 Å². The zero-order valence-electron chi connectivity index (χ0n) is 44.4. The number of methoxy groups -OCH3 is 2. The molecule has 0 saturated carbocycles. The number of nitrogens with zero attached hydrogens (tertiary/aromatic N) is 3. The summed E-state index contributed by atoms with van der Waals surface area (Å²) in [5, 5.41) is 33.3. The lowest BCUT2D eigenvalue weighted by atomic mass is 10.1. The maximum Gasteiger partial charge on any atom is 0.534 e. The van der Waals surface area contributed by atoms with Gasteiger partial charge in [0.15, 0.2) is 56.3 Å². The molecule has 0 aliphatic carbocycles. The van der Waals surface area contributed by atoms with E-state index in [9.17, 15) is 39.7 Å². The van der Waals surface area contributed by atoms with E-state index in [4.69, 9.17) is 45.0 Å². The zero-order valence-corrected chi connectivity index (χ0v) is 50.4. The van der Waals surface area contributed by atoms with Crippen LogP contribution in [0.5, 0.6) is 23.0 Å². The highest BCUT2D eigenvalue weighted by Gasteiger charge is 2.40. The molecular formula is C43H77N3O18Si6. The lowest BCUT2D eigenvalue weighted by Gasteiger charge is -2.37. The van der Waals surface area contributed by atoms with E-state index in [0.717, 1.165) is 18.5 Å². The molecule has 2 aromatic rings. The van der Waals surface area contributed by atoms with Crippen molar-refractivity contribution in [2.75, 3.05) is 27.4 Å². The molecule has 3 rings (SSSR count). The SMILES string of the molecule is COc1cc(C(C)O)c([N+](=O)[O-])cc1OCCC[Si](C)(C)O[Si](C)(C)O[Si](C)(C)C.COc1cc(C(C)OC(=O)ON2C(=O)CCC2=O)c([N+](=O)[O-])cc1OCCC[Si](C)(C)O[Si](C)(C)O[Si](C)(C)C. The third-order valence-electron chi connectivity index (χ3n) is 9.86.